The standard InChI is InChI=1S/C19H16F3N3O3/c20-11-3-1-10(2-4-11)17-13(5-6-28-19(27)24-9-16(23)26)14-7-12(21)8-15(22)18(14)25-17/h1-4,7-8,25H,5-6,9H2,(H2,23,26)(H,24,27). The molecule has 9 heteroatoms. The van der Waals surface area contributed by atoms with Crippen LogP contribution in [0.4, 0.5) is 18.0 Å². The Morgan fingerprint density at radius 2 is 1.79 bits per heavy atom. The van der Waals surface area contributed by atoms with E-state index < -0.39 is 29.5 Å². The molecule has 0 saturated carbocycles. The fourth-order valence-corrected chi connectivity index (χ4v) is 2.85. The zero-order valence-electron chi connectivity index (χ0n) is 14.5. The lowest BCUT2D eigenvalue weighted by molar-refractivity contribution is -0.117. The Morgan fingerprint density at radius 1 is 1.07 bits per heavy atom. The second-order valence-corrected chi connectivity index (χ2v) is 6.00. The number of aromatic amines is 1. The van der Waals surface area contributed by atoms with E-state index in [1.54, 1.807) is 0 Å². The molecule has 4 N–H and O–H groups in total. The second kappa shape index (κ2) is 8.03. The Hall–Kier alpha value is -3.49. The molecule has 0 radical (unpaired) electrons. The highest BCUT2D eigenvalue weighted by molar-refractivity contribution is 5.91. The van der Waals surface area contributed by atoms with Crippen LogP contribution in [0.25, 0.3) is 22.2 Å². The molecule has 0 saturated heterocycles. The summed E-state index contributed by atoms with van der Waals surface area (Å²) in [5, 5.41) is 2.45. The van der Waals surface area contributed by atoms with E-state index in [2.05, 4.69) is 10.3 Å². The molecule has 0 unspecified atom stereocenters. The van der Waals surface area contributed by atoms with E-state index in [4.69, 9.17) is 10.5 Å². The largest absolute Gasteiger partial charge is 0.449 e. The molecule has 0 atom stereocenters. The number of benzene rings is 2. The van der Waals surface area contributed by atoms with Crippen LogP contribution in [0.1, 0.15) is 5.56 Å². The van der Waals surface area contributed by atoms with E-state index in [9.17, 15) is 22.8 Å². The predicted molar refractivity (Wildman–Crippen MR) is 95.9 cm³/mol. The van der Waals surface area contributed by atoms with Gasteiger partial charge in [0.1, 0.15) is 17.5 Å². The van der Waals surface area contributed by atoms with E-state index in [-0.39, 0.29) is 30.5 Å². The molecule has 0 aliphatic heterocycles. The van der Waals surface area contributed by atoms with Crippen molar-refractivity contribution in [3.05, 3.63) is 59.4 Å². The summed E-state index contributed by atoms with van der Waals surface area (Å²) in [6, 6.07) is 7.41. The molecular formula is C19H16F3N3O3. The van der Waals surface area contributed by atoms with Crippen LogP contribution >= 0.6 is 0 Å². The number of aromatic nitrogens is 1. The molecule has 1 aromatic heterocycles. The molecule has 0 fully saturated rings. The molecule has 6 nitrogen and oxygen atoms in total. The number of nitrogens with one attached hydrogen (secondary N) is 2. The van der Waals surface area contributed by atoms with Crippen molar-refractivity contribution in [2.75, 3.05) is 13.2 Å². The van der Waals surface area contributed by atoms with Crippen LogP contribution in [0.2, 0.25) is 0 Å². The van der Waals surface area contributed by atoms with Crippen LogP contribution in [0, 0.1) is 17.5 Å². The van der Waals surface area contributed by atoms with Crippen molar-refractivity contribution in [1.82, 2.24) is 10.3 Å². The van der Waals surface area contributed by atoms with E-state index in [1.807, 2.05) is 0 Å². The van der Waals surface area contributed by atoms with Gasteiger partial charge in [0.05, 0.1) is 18.7 Å². The number of fused-ring (bicyclic) bond motifs is 1. The summed E-state index contributed by atoms with van der Waals surface area (Å²) >= 11 is 0. The molecule has 0 aliphatic rings. The maximum absolute atomic E-state index is 14.2. The van der Waals surface area contributed by atoms with E-state index in [0.29, 0.717) is 16.8 Å². The number of H-pyrrole nitrogens is 1. The molecule has 2 amide bonds. The number of hydrogen-bond donors (Lipinski definition) is 3. The van der Waals surface area contributed by atoms with Crippen LogP contribution in [0.5, 0.6) is 0 Å². The molecule has 2 aromatic carbocycles. The number of halogens is 3. The molecule has 146 valence electrons. The smallest absolute Gasteiger partial charge is 0.407 e. The summed E-state index contributed by atoms with van der Waals surface area (Å²) in [5.74, 6) is -2.69. The maximum atomic E-state index is 14.2. The minimum Gasteiger partial charge on any atom is -0.449 e. The highest BCUT2D eigenvalue weighted by Crippen LogP contribution is 2.32. The molecule has 0 spiro atoms. The van der Waals surface area contributed by atoms with Gasteiger partial charge in [-0.2, -0.15) is 0 Å². The minimum atomic E-state index is -0.848. The van der Waals surface area contributed by atoms with E-state index in [1.165, 1.54) is 30.3 Å². The summed E-state index contributed by atoms with van der Waals surface area (Å²) in [6.45, 7) is -0.493. The number of hydrogen-bond acceptors (Lipinski definition) is 3. The second-order valence-electron chi connectivity index (χ2n) is 6.00. The first-order valence-electron chi connectivity index (χ1n) is 8.29. The molecule has 3 rings (SSSR count). The molecule has 3 aromatic rings. The number of amides is 2. The van der Waals surface area contributed by atoms with Gasteiger partial charge in [-0.05, 0) is 41.5 Å². The zero-order valence-corrected chi connectivity index (χ0v) is 14.5. The van der Waals surface area contributed by atoms with Crippen molar-refractivity contribution in [3.8, 4) is 11.3 Å². The van der Waals surface area contributed by atoms with Gasteiger partial charge in [0, 0.05) is 23.6 Å². The van der Waals surface area contributed by atoms with Gasteiger partial charge in [0.2, 0.25) is 5.91 Å². The van der Waals surface area contributed by atoms with Crippen LogP contribution in [-0.4, -0.2) is 30.1 Å². The van der Waals surface area contributed by atoms with Crippen molar-refractivity contribution in [1.29, 1.82) is 0 Å². The Balaban J connectivity index is 1.90. The van der Waals surface area contributed by atoms with Gasteiger partial charge in [0.25, 0.3) is 0 Å². The number of nitrogens with two attached hydrogens (primary N) is 1. The Morgan fingerprint density at radius 3 is 2.46 bits per heavy atom. The van der Waals surface area contributed by atoms with Gasteiger partial charge in [-0.25, -0.2) is 18.0 Å². The summed E-state index contributed by atoms with van der Waals surface area (Å²) < 4.78 is 46.1. The summed E-state index contributed by atoms with van der Waals surface area (Å²) in [4.78, 5) is 25.1. The normalized spacial score (nSPS) is 10.8. The number of ether oxygens (including phenoxy) is 1. The number of primary amides is 1. The van der Waals surface area contributed by atoms with Gasteiger partial charge in [0.15, 0.2) is 0 Å². The topological polar surface area (TPSA) is 97.2 Å². The maximum Gasteiger partial charge on any atom is 0.407 e. The third kappa shape index (κ3) is 4.25. The zero-order chi connectivity index (χ0) is 20.3. The fourth-order valence-electron chi connectivity index (χ4n) is 2.85. The van der Waals surface area contributed by atoms with Crippen molar-refractivity contribution in [2.45, 2.75) is 6.42 Å². The SMILES string of the molecule is NC(=O)CNC(=O)OCCc1c(-c2ccc(F)cc2)[nH]c2c(F)cc(F)cc12. The summed E-state index contributed by atoms with van der Waals surface area (Å²) in [6.07, 6.45) is -0.723. The van der Waals surface area contributed by atoms with Crippen LogP contribution in [0.15, 0.2) is 36.4 Å². The first-order valence-corrected chi connectivity index (χ1v) is 8.29. The van der Waals surface area contributed by atoms with E-state index in [0.717, 1.165) is 6.07 Å². The van der Waals surface area contributed by atoms with E-state index >= 15 is 0 Å². The highest BCUT2D eigenvalue weighted by Gasteiger charge is 2.17. The summed E-state index contributed by atoms with van der Waals surface area (Å²) in [7, 11) is 0. The summed E-state index contributed by atoms with van der Waals surface area (Å²) in [5.41, 5.74) is 6.53. The van der Waals surface area contributed by atoms with Crippen molar-refractivity contribution in [3.63, 3.8) is 0 Å². The number of alkyl carbamates (subject to hydrolysis) is 1. The predicted octanol–water partition coefficient (Wildman–Crippen LogP) is 3.01. The van der Waals surface area contributed by atoms with Crippen molar-refractivity contribution < 1.29 is 27.5 Å². The quantitative estimate of drug-likeness (QED) is 0.603. The average Bonchev–Trinajstić information content (AvgIpc) is 2.99. The first-order chi connectivity index (χ1) is 13.3. The van der Waals surface area contributed by atoms with Crippen molar-refractivity contribution in [2.24, 2.45) is 5.73 Å². The van der Waals surface area contributed by atoms with Crippen LogP contribution < -0.4 is 11.1 Å². The molecular weight excluding hydrogens is 375 g/mol. The average molecular weight is 391 g/mol. The van der Waals surface area contributed by atoms with Gasteiger partial charge in [-0.3, -0.25) is 4.79 Å². The molecule has 28 heavy (non-hydrogen) atoms. The van der Waals surface area contributed by atoms with Gasteiger partial charge in [-0.1, -0.05) is 0 Å². The lowest BCUT2D eigenvalue weighted by atomic mass is 10.0. The van der Waals surface area contributed by atoms with Crippen LogP contribution in [-0.2, 0) is 16.0 Å². The lowest BCUT2D eigenvalue weighted by Gasteiger charge is -2.08. The third-order valence-corrected chi connectivity index (χ3v) is 4.06. The van der Waals surface area contributed by atoms with Crippen molar-refractivity contribution >= 4 is 22.9 Å². The minimum absolute atomic E-state index is 0.0916. The number of carbonyl (C=O) groups is 2. The lowest BCUT2D eigenvalue weighted by Crippen LogP contribution is -2.33. The monoisotopic (exact) mass is 391 g/mol. The number of carbonyl (C=O) groups excluding carboxylic acids is 2. The molecule has 1 heterocycles. The Bertz CT molecular complexity index is 1030. The third-order valence-electron chi connectivity index (χ3n) is 4.06. The molecule has 0 bridgehead atoms. The fraction of sp³-hybridized carbons (Fsp3) is 0.158. The van der Waals surface area contributed by atoms with Gasteiger partial charge < -0.3 is 20.8 Å². The van der Waals surface area contributed by atoms with Gasteiger partial charge in [-0.15, -0.1) is 0 Å². The van der Waals surface area contributed by atoms with Gasteiger partial charge >= 0.3 is 6.09 Å². The Kier molecular flexibility index (Phi) is 5.53. The number of rotatable bonds is 6. The highest BCUT2D eigenvalue weighted by atomic mass is 19.1. The van der Waals surface area contributed by atoms with Crippen LogP contribution in [0.3, 0.4) is 0 Å². The first kappa shape index (κ1) is 19.3. The molecule has 0 aliphatic carbocycles. The Labute approximate surface area is 157 Å².